The molecule has 3 aromatic rings. The van der Waals surface area contributed by atoms with Gasteiger partial charge in [0, 0.05) is 49.7 Å². The van der Waals surface area contributed by atoms with E-state index in [1.165, 1.54) is 0 Å². The minimum absolute atomic E-state index is 0.584. The van der Waals surface area contributed by atoms with Crippen molar-refractivity contribution in [3.05, 3.63) is 52.8 Å². The van der Waals surface area contributed by atoms with Gasteiger partial charge in [-0.3, -0.25) is 0 Å². The lowest BCUT2D eigenvalue weighted by Crippen LogP contribution is -2.46. The standard InChI is InChI=1S/C23H27N7/c1-4-29-8-10-30(11-9-29)22-12-20-21(15-25-22)17(3)27-28-23(20)26-14-19-7-5-6-18(13-24)16(19)2/h5-7,12,15H,4,8-11,14H2,1-3H3,(H,26,28). The summed E-state index contributed by atoms with van der Waals surface area (Å²) in [4.78, 5) is 9.51. The van der Waals surface area contributed by atoms with Crippen LogP contribution in [0, 0.1) is 25.2 Å². The number of piperazine rings is 1. The van der Waals surface area contributed by atoms with Gasteiger partial charge in [0.15, 0.2) is 5.82 Å². The number of nitrogens with one attached hydrogen (secondary N) is 1. The Labute approximate surface area is 177 Å². The zero-order valence-corrected chi connectivity index (χ0v) is 17.8. The van der Waals surface area contributed by atoms with E-state index >= 15 is 0 Å². The fourth-order valence-electron chi connectivity index (χ4n) is 3.93. The van der Waals surface area contributed by atoms with Crippen LogP contribution in [0.1, 0.15) is 29.3 Å². The monoisotopic (exact) mass is 401 g/mol. The molecule has 0 unspecified atom stereocenters. The molecule has 30 heavy (non-hydrogen) atoms. The summed E-state index contributed by atoms with van der Waals surface area (Å²) in [5.41, 5.74) is 3.64. The maximum Gasteiger partial charge on any atom is 0.157 e. The molecule has 0 spiro atoms. The van der Waals surface area contributed by atoms with Gasteiger partial charge in [-0.05, 0) is 43.7 Å². The highest BCUT2D eigenvalue weighted by atomic mass is 15.3. The molecule has 0 bridgehead atoms. The fourth-order valence-corrected chi connectivity index (χ4v) is 3.93. The summed E-state index contributed by atoms with van der Waals surface area (Å²) in [6, 6.07) is 10.2. The lowest BCUT2D eigenvalue weighted by Gasteiger charge is -2.34. The summed E-state index contributed by atoms with van der Waals surface area (Å²) in [6.07, 6.45) is 1.91. The quantitative estimate of drug-likeness (QED) is 0.703. The molecule has 0 amide bonds. The van der Waals surface area contributed by atoms with E-state index in [2.05, 4.69) is 44.4 Å². The molecule has 1 N–H and O–H groups in total. The second-order valence-electron chi connectivity index (χ2n) is 7.70. The molecule has 1 aliphatic heterocycles. The van der Waals surface area contributed by atoms with Crippen LogP contribution in [-0.2, 0) is 6.54 Å². The highest BCUT2D eigenvalue weighted by molar-refractivity contribution is 5.94. The van der Waals surface area contributed by atoms with Crippen LogP contribution < -0.4 is 10.2 Å². The largest absolute Gasteiger partial charge is 0.364 e. The van der Waals surface area contributed by atoms with Crippen molar-refractivity contribution in [2.45, 2.75) is 27.3 Å². The van der Waals surface area contributed by atoms with E-state index in [-0.39, 0.29) is 0 Å². The number of hydrogen-bond donors (Lipinski definition) is 1. The molecule has 154 valence electrons. The zero-order valence-electron chi connectivity index (χ0n) is 17.8. The second-order valence-corrected chi connectivity index (χ2v) is 7.70. The summed E-state index contributed by atoms with van der Waals surface area (Å²) >= 11 is 0. The molecule has 0 saturated carbocycles. The Bertz CT molecular complexity index is 1090. The normalized spacial score (nSPS) is 14.7. The first-order valence-electron chi connectivity index (χ1n) is 10.4. The first-order valence-corrected chi connectivity index (χ1v) is 10.4. The van der Waals surface area contributed by atoms with Crippen molar-refractivity contribution >= 4 is 22.4 Å². The molecule has 1 aromatic carbocycles. The molecule has 0 atom stereocenters. The lowest BCUT2D eigenvalue weighted by atomic mass is 10.0. The SMILES string of the molecule is CCN1CCN(c2cc3c(NCc4cccc(C#N)c4C)nnc(C)c3cn2)CC1. The smallest absolute Gasteiger partial charge is 0.157 e. The van der Waals surface area contributed by atoms with Crippen molar-refractivity contribution in [2.24, 2.45) is 0 Å². The van der Waals surface area contributed by atoms with Gasteiger partial charge < -0.3 is 15.1 Å². The van der Waals surface area contributed by atoms with Gasteiger partial charge in [0.05, 0.1) is 17.3 Å². The Morgan fingerprint density at radius 3 is 2.63 bits per heavy atom. The van der Waals surface area contributed by atoms with Crippen molar-refractivity contribution in [1.29, 1.82) is 5.26 Å². The molecular weight excluding hydrogens is 374 g/mol. The number of nitriles is 1. The van der Waals surface area contributed by atoms with Crippen molar-refractivity contribution in [3.63, 3.8) is 0 Å². The predicted octanol–water partition coefficient (Wildman–Crippen LogP) is 3.27. The lowest BCUT2D eigenvalue weighted by molar-refractivity contribution is 0.270. The van der Waals surface area contributed by atoms with E-state index in [1.807, 2.05) is 38.2 Å². The number of aryl methyl sites for hydroxylation is 1. The summed E-state index contributed by atoms with van der Waals surface area (Å²) in [7, 11) is 0. The number of benzene rings is 1. The summed E-state index contributed by atoms with van der Waals surface area (Å²) in [6.45, 7) is 11.9. The minimum atomic E-state index is 0.584. The second kappa shape index (κ2) is 8.64. The zero-order chi connectivity index (χ0) is 21.1. The van der Waals surface area contributed by atoms with Crippen LogP contribution in [0.15, 0.2) is 30.5 Å². The number of anilines is 2. The Morgan fingerprint density at radius 2 is 1.90 bits per heavy atom. The van der Waals surface area contributed by atoms with Gasteiger partial charge in [-0.25, -0.2) is 4.98 Å². The van der Waals surface area contributed by atoms with Crippen LogP contribution >= 0.6 is 0 Å². The van der Waals surface area contributed by atoms with Crippen LogP contribution in [0.4, 0.5) is 11.6 Å². The van der Waals surface area contributed by atoms with E-state index < -0.39 is 0 Å². The Kier molecular flexibility index (Phi) is 5.77. The molecule has 3 heterocycles. The third kappa shape index (κ3) is 3.91. The molecule has 1 saturated heterocycles. The number of pyridine rings is 1. The van der Waals surface area contributed by atoms with E-state index in [4.69, 9.17) is 4.98 Å². The number of fused-ring (bicyclic) bond motifs is 1. The molecule has 4 rings (SSSR count). The minimum Gasteiger partial charge on any atom is -0.364 e. The summed E-state index contributed by atoms with van der Waals surface area (Å²) in [5.74, 6) is 1.73. The molecule has 0 aliphatic carbocycles. The number of rotatable bonds is 5. The molecule has 2 aromatic heterocycles. The van der Waals surface area contributed by atoms with Crippen LogP contribution in [0.25, 0.3) is 10.8 Å². The highest BCUT2D eigenvalue weighted by Crippen LogP contribution is 2.27. The Morgan fingerprint density at radius 1 is 1.10 bits per heavy atom. The molecule has 7 nitrogen and oxygen atoms in total. The van der Waals surface area contributed by atoms with Gasteiger partial charge in [-0.1, -0.05) is 19.1 Å². The van der Waals surface area contributed by atoms with Crippen molar-refractivity contribution in [1.82, 2.24) is 20.1 Å². The molecule has 7 heteroatoms. The third-order valence-electron chi connectivity index (χ3n) is 5.99. The van der Waals surface area contributed by atoms with Crippen LogP contribution in [0.5, 0.6) is 0 Å². The van der Waals surface area contributed by atoms with Crippen molar-refractivity contribution < 1.29 is 0 Å². The number of hydrogen-bond acceptors (Lipinski definition) is 7. The van der Waals surface area contributed by atoms with Gasteiger partial charge in [0.25, 0.3) is 0 Å². The van der Waals surface area contributed by atoms with Crippen LogP contribution in [-0.4, -0.2) is 52.8 Å². The van der Waals surface area contributed by atoms with Crippen molar-refractivity contribution in [3.8, 4) is 6.07 Å². The molecule has 1 fully saturated rings. The van der Waals surface area contributed by atoms with E-state index in [1.54, 1.807) is 0 Å². The van der Waals surface area contributed by atoms with Gasteiger partial charge in [-0.2, -0.15) is 10.4 Å². The van der Waals surface area contributed by atoms with Gasteiger partial charge in [-0.15, -0.1) is 5.10 Å². The van der Waals surface area contributed by atoms with E-state index in [0.29, 0.717) is 12.1 Å². The number of aromatic nitrogens is 3. The molecule has 1 aliphatic rings. The maximum atomic E-state index is 9.28. The average molecular weight is 402 g/mol. The maximum absolute atomic E-state index is 9.28. The number of nitrogens with zero attached hydrogens (tertiary/aromatic N) is 6. The highest BCUT2D eigenvalue weighted by Gasteiger charge is 2.18. The molecular formula is C23H27N7. The van der Waals surface area contributed by atoms with E-state index in [0.717, 1.165) is 72.0 Å². The first kappa shape index (κ1) is 20.0. The van der Waals surface area contributed by atoms with Crippen LogP contribution in [0.2, 0.25) is 0 Å². The Hall–Kier alpha value is -3.24. The van der Waals surface area contributed by atoms with E-state index in [9.17, 15) is 5.26 Å². The Balaban J connectivity index is 1.62. The topological polar surface area (TPSA) is 81.0 Å². The predicted molar refractivity (Wildman–Crippen MR) is 120 cm³/mol. The fraction of sp³-hybridized carbons (Fsp3) is 0.391. The summed E-state index contributed by atoms with van der Waals surface area (Å²) in [5, 5.41) is 23.5. The van der Waals surface area contributed by atoms with Crippen LogP contribution in [0.3, 0.4) is 0 Å². The summed E-state index contributed by atoms with van der Waals surface area (Å²) < 4.78 is 0. The number of likely N-dealkylation sites (N-methyl/N-ethyl adjacent to an activating group) is 1. The van der Waals surface area contributed by atoms with Gasteiger partial charge in [0.1, 0.15) is 5.82 Å². The van der Waals surface area contributed by atoms with Crippen molar-refractivity contribution in [2.75, 3.05) is 42.9 Å². The van der Waals surface area contributed by atoms with Gasteiger partial charge in [0.2, 0.25) is 0 Å². The third-order valence-corrected chi connectivity index (χ3v) is 5.99. The first-order chi connectivity index (χ1) is 14.6. The van der Waals surface area contributed by atoms with Gasteiger partial charge >= 0.3 is 0 Å². The average Bonchev–Trinajstić information content (AvgIpc) is 2.79. The molecule has 0 radical (unpaired) electrons.